The Morgan fingerprint density at radius 2 is 1.85 bits per heavy atom. The standard InChI is InChI=1S/C19H21NO5S2/c1-25-19(22)17-14-9-5-6-10-15(14)26-18(17)20-16(21)11-12-27(23,24)13-7-3-2-4-8-13/h2-4,7-8H,5-6,9-12H2,1H3,(H,20,21). The van der Waals surface area contributed by atoms with E-state index in [4.69, 9.17) is 4.74 Å². The van der Waals surface area contributed by atoms with Gasteiger partial charge in [0.15, 0.2) is 9.84 Å². The van der Waals surface area contributed by atoms with Gasteiger partial charge in [0.25, 0.3) is 0 Å². The van der Waals surface area contributed by atoms with Crippen LogP contribution in [0.5, 0.6) is 0 Å². The van der Waals surface area contributed by atoms with Gasteiger partial charge in [-0.1, -0.05) is 18.2 Å². The van der Waals surface area contributed by atoms with Gasteiger partial charge in [-0.3, -0.25) is 4.79 Å². The molecule has 1 N–H and O–H groups in total. The van der Waals surface area contributed by atoms with E-state index in [1.807, 2.05) is 0 Å². The molecule has 0 aliphatic heterocycles. The molecule has 3 rings (SSSR count). The summed E-state index contributed by atoms with van der Waals surface area (Å²) in [6.45, 7) is 0. The van der Waals surface area contributed by atoms with E-state index < -0.39 is 21.7 Å². The lowest BCUT2D eigenvalue weighted by Crippen LogP contribution is -2.18. The molecule has 1 aliphatic rings. The maximum atomic E-state index is 12.3. The van der Waals surface area contributed by atoms with Crippen LogP contribution in [0.2, 0.25) is 0 Å². The van der Waals surface area contributed by atoms with Crippen molar-refractivity contribution in [3.8, 4) is 0 Å². The van der Waals surface area contributed by atoms with Crippen LogP contribution in [0, 0.1) is 0 Å². The summed E-state index contributed by atoms with van der Waals surface area (Å²) in [6, 6.07) is 8.04. The van der Waals surface area contributed by atoms with Crippen LogP contribution in [-0.4, -0.2) is 33.2 Å². The fourth-order valence-corrected chi connectivity index (χ4v) is 5.69. The largest absolute Gasteiger partial charge is 0.465 e. The molecule has 0 bridgehead atoms. The van der Waals surface area contributed by atoms with E-state index in [1.165, 1.54) is 30.6 Å². The van der Waals surface area contributed by atoms with Crippen LogP contribution < -0.4 is 5.32 Å². The van der Waals surface area contributed by atoms with E-state index in [0.29, 0.717) is 10.6 Å². The molecule has 0 atom stereocenters. The summed E-state index contributed by atoms with van der Waals surface area (Å²) >= 11 is 1.38. The number of carbonyl (C=O) groups excluding carboxylic acids is 2. The Labute approximate surface area is 162 Å². The Morgan fingerprint density at radius 1 is 1.15 bits per heavy atom. The van der Waals surface area contributed by atoms with Gasteiger partial charge in [-0.15, -0.1) is 11.3 Å². The summed E-state index contributed by atoms with van der Waals surface area (Å²) in [7, 11) is -2.22. The van der Waals surface area contributed by atoms with Crippen molar-refractivity contribution in [2.24, 2.45) is 0 Å². The number of methoxy groups -OCH3 is 1. The Hall–Kier alpha value is -2.19. The number of sulfone groups is 1. The lowest BCUT2D eigenvalue weighted by molar-refractivity contribution is -0.115. The Balaban J connectivity index is 1.73. The number of rotatable bonds is 6. The van der Waals surface area contributed by atoms with Gasteiger partial charge >= 0.3 is 5.97 Å². The quantitative estimate of drug-likeness (QED) is 0.743. The highest BCUT2D eigenvalue weighted by Gasteiger charge is 2.27. The number of anilines is 1. The number of amides is 1. The molecule has 0 saturated carbocycles. The second-order valence-electron chi connectivity index (χ2n) is 6.34. The van der Waals surface area contributed by atoms with Crippen molar-refractivity contribution >= 4 is 38.1 Å². The highest BCUT2D eigenvalue weighted by molar-refractivity contribution is 7.91. The van der Waals surface area contributed by atoms with Crippen LogP contribution in [0.3, 0.4) is 0 Å². The van der Waals surface area contributed by atoms with Gasteiger partial charge < -0.3 is 10.1 Å². The molecule has 0 spiro atoms. The second-order valence-corrected chi connectivity index (χ2v) is 9.55. The molecule has 0 radical (unpaired) electrons. The van der Waals surface area contributed by atoms with E-state index in [2.05, 4.69) is 5.32 Å². The first-order valence-corrected chi connectivity index (χ1v) is 11.2. The summed E-state index contributed by atoms with van der Waals surface area (Å²) in [4.78, 5) is 25.8. The van der Waals surface area contributed by atoms with Gasteiger partial charge in [-0.2, -0.15) is 0 Å². The van der Waals surface area contributed by atoms with Gasteiger partial charge in [0.05, 0.1) is 23.3 Å². The highest BCUT2D eigenvalue weighted by Crippen LogP contribution is 2.38. The number of fused-ring (bicyclic) bond motifs is 1. The van der Waals surface area contributed by atoms with Gasteiger partial charge in [-0.25, -0.2) is 13.2 Å². The molecule has 1 aromatic heterocycles. The van der Waals surface area contributed by atoms with Crippen LogP contribution >= 0.6 is 11.3 Å². The summed E-state index contributed by atoms with van der Waals surface area (Å²) in [5.41, 5.74) is 1.36. The maximum absolute atomic E-state index is 12.3. The summed E-state index contributed by atoms with van der Waals surface area (Å²) in [5.74, 6) is -1.19. The number of thiophene rings is 1. The fraction of sp³-hybridized carbons (Fsp3) is 0.368. The van der Waals surface area contributed by atoms with Crippen molar-refractivity contribution in [1.82, 2.24) is 0 Å². The molecular weight excluding hydrogens is 386 g/mol. The maximum Gasteiger partial charge on any atom is 0.341 e. The third-order valence-corrected chi connectivity index (χ3v) is 7.45. The van der Waals surface area contributed by atoms with Gasteiger partial charge in [0.1, 0.15) is 5.00 Å². The van der Waals surface area contributed by atoms with Crippen molar-refractivity contribution < 1.29 is 22.7 Å². The van der Waals surface area contributed by atoms with Crippen molar-refractivity contribution in [1.29, 1.82) is 0 Å². The SMILES string of the molecule is COC(=O)c1c(NC(=O)CCS(=O)(=O)c2ccccc2)sc2c1CCCC2. The smallest absolute Gasteiger partial charge is 0.341 e. The molecule has 1 aliphatic carbocycles. The summed E-state index contributed by atoms with van der Waals surface area (Å²) in [6.07, 6.45) is 3.53. The van der Waals surface area contributed by atoms with E-state index >= 15 is 0 Å². The van der Waals surface area contributed by atoms with E-state index in [1.54, 1.807) is 18.2 Å². The molecule has 1 amide bonds. The predicted octanol–water partition coefficient (Wildman–Crippen LogP) is 3.22. The molecule has 2 aromatic rings. The number of carbonyl (C=O) groups is 2. The van der Waals surface area contributed by atoms with Crippen LogP contribution in [0.1, 0.15) is 40.1 Å². The lowest BCUT2D eigenvalue weighted by atomic mass is 9.95. The molecule has 6 nitrogen and oxygen atoms in total. The number of hydrogen-bond acceptors (Lipinski definition) is 6. The number of nitrogens with one attached hydrogen (secondary N) is 1. The fourth-order valence-electron chi connectivity index (χ4n) is 3.13. The van der Waals surface area contributed by atoms with Crippen LogP contribution in [0.15, 0.2) is 35.2 Å². The monoisotopic (exact) mass is 407 g/mol. The topological polar surface area (TPSA) is 89.5 Å². The minimum Gasteiger partial charge on any atom is -0.465 e. The minimum absolute atomic E-state index is 0.180. The molecule has 144 valence electrons. The van der Waals surface area contributed by atoms with Crippen molar-refractivity contribution in [3.05, 3.63) is 46.3 Å². The molecule has 0 fully saturated rings. The molecule has 1 heterocycles. The Kier molecular flexibility index (Phi) is 5.96. The van der Waals surface area contributed by atoms with E-state index in [0.717, 1.165) is 36.1 Å². The number of benzene rings is 1. The molecule has 8 heteroatoms. The van der Waals surface area contributed by atoms with Crippen molar-refractivity contribution in [2.75, 3.05) is 18.2 Å². The third-order valence-electron chi connectivity index (χ3n) is 4.51. The molecular formula is C19H21NO5S2. The summed E-state index contributed by atoms with van der Waals surface area (Å²) in [5, 5.41) is 3.18. The zero-order valence-corrected chi connectivity index (χ0v) is 16.6. The van der Waals surface area contributed by atoms with Crippen LogP contribution in [0.25, 0.3) is 0 Å². The van der Waals surface area contributed by atoms with Crippen LogP contribution in [-0.2, 0) is 32.2 Å². The van der Waals surface area contributed by atoms with Crippen molar-refractivity contribution in [2.45, 2.75) is 37.0 Å². The molecule has 1 aromatic carbocycles. The predicted molar refractivity (Wildman–Crippen MR) is 104 cm³/mol. The zero-order chi connectivity index (χ0) is 19.4. The normalized spacial score (nSPS) is 13.7. The Bertz CT molecular complexity index is 948. The highest BCUT2D eigenvalue weighted by atomic mass is 32.2. The van der Waals surface area contributed by atoms with Crippen molar-refractivity contribution in [3.63, 3.8) is 0 Å². The van der Waals surface area contributed by atoms with Crippen LogP contribution in [0.4, 0.5) is 5.00 Å². The first-order valence-electron chi connectivity index (χ1n) is 8.73. The lowest BCUT2D eigenvalue weighted by Gasteiger charge is -2.11. The van der Waals surface area contributed by atoms with Gasteiger partial charge in [-0.05, 0) is 43.4 Å². The molecule has 0 saturated heterocycles. The number of ether oxygens (including phenoxy) is 1. The Morgan fingerprint density at radius 3 is 2.56 bits per heavy atom. The molecule has 27 heavy (non-hydrogen) atoms. The van der Waals surface area contributed by atoms with Gasteiger partial charge in [0.2, 0.25) is 5.91 Å². The average molecular weight is 408 g/mol. The number of esters is 1. The average Bonchev–Trinajstić information content (AvgIpc) is 3.04. The first kappa shape index (κ1) is 19.6. The minimum atomic E-state index is -3.53. The zero-order valence-electron chi connectivity index (χ0n) is 15.0. The molecule has 0 unspecified atom stereocenters. The van der Waals surface area contributed by atoms with E-state index in [-0.39, 0.29) is 17.1 Å². The summed E-state index contributed by atoms with van der Waals surface area (Å²) < 4.78 is 29.5. The van der Waals surface area contributed by atoms with E-state index in [9.17, 15) is 18.0 Å². The second kappa shape index (κ2) is 8.22. The third kappa shape index (κ3) is 4.39. The first-order chi connectivity index (χ1) is 12.9. The van der Waals surface area contributed by atoms with Gasteiger partial charge in [0, 0.05) is 11.3 Å². The number of aryl methyl sites for hydroxylation is 1. The number of hydrogen-bond donors (Lipinski definition) is 1.